The van der Waals surface area contributed by atoms with Gasteiger partial charge in [0.05, 0.1) is 0 Å². The molecule has 7 nitrogen and oxygen atoms in total. The molecule has 3 heterocycles. The summed E-state index contributed by atoms with van der Waals surface area (Å²) >= 11 is 0. The zero-order valence-corrected chi connectivity index (χ0v) is 16.5. The van der Waals surface area contributed by atoms with Crippen molar-refractivity contribution < 1.29 is 4.79 Å². The third-order valence-corrected chi connectivity index (χ3v) is 5.69. The molecule has 1 aliphatic heterocycles. The summed E-state index contributed by atoms with van der Waals surface area (Å²) < 4.78 is 0. The Kier molecular flexibility index (Phi) is 5.69. The molecule has 1 aliphatic carbocycles. The minimum absolute atomic E-state index is 0.251. The number of nitrogens with zero attached hydrogens (tertiary/aromatic N) is 5. The smallest absolute Gasteiger partial charge is 0.225 e. The third kappa shape index (κ3) is 4.40. The highest BCUT2D eigenvalue weighted by Gasteiger charge is 2.28. The maximum atomic E-state index is 12.7. The third-order valence-electron chi connectivity index (χ3n) is 5.69. The van der Waals surface area contributed by atoms with E-state index in [1.807, 2.05) is 42.3 Å². The Bertz CT molecular complexity index is 778. The van der Waals surface area contributed by atoms with Gasteiger partial charge in [-0.25, -0.2) is 4.98 Å². The van der Waals surface area contributed by atoms with Crippen LogP contribution in [0.25, 0.3) is 0 Å². The second kappa shape index (κ2) is 8.54. The van der Waals surface area contributed by atoms with E-state index in [1.165, 1.54) is 19.3 Å². The van der Waals surface area contributed by atoms with E-state index in [0.717, 1.165) is 56.2 Å². The Labute approximate surface area is 166 Å². The zero-order chi connectivity index (χ0) is 19.3. The number of carbonyl (C=O) groups excluding carboxylic acids is 1. The van der Waals surface area contributed by atoms with Gasteiger partial charge in [0, 0.05) is 38.3 Å². The summed E-state index contributed by atoms with van der Waals surface area (Å²) in [5, 5.41) is 11.8. The molecule has 2 fully saturated rings. The first-order chi connectivity index (χ1) is 13.7. The summed E-state index contributed by atoms with van der Waals surface area (Å²) in [6.45, 7) is 5.15. The van der Waals surface area contributed by atoms with Crippen molar-refractivity contribution in [2.24, 2.45) is 5.92 Å². The molecule has 0 spiro atoms. The van der Waals surface area contributed by atoms with Gasteiger partial charge < -0.3 is 15.1 Å². The fraction of sp³-hybridized carbons (Fsp3) is 0.524. The lowest BCUT2D eigenvalue weighted by Crippen LogP contribution is -2.50. The average molecular weight is 380 g/mol. The van der Waals surface area contributed by atoms with Crippen molar-refractivity contribution in [1.82, 2.24) is 20.1 Å². The van der Waals surface area contributed by atoms with E-state index in [4.69, 9.17) is 0 Å². The number of rotatable bonds is 4. The number of pyridine rings is 1. The summed E-state index contributed by atoms with van der Waals surface area (Å²) in [6, 6.07) is 7.82. The summed E-state index contributed by atoms with van der Waals surface area (Å²) in [5.41, 5.74) is 1.12. The van der Waals surface area contributed by atoms with Crippen molar-refractivity contribution in [2.75, 3.05) is 36.4 Å². The summed E-state index contributed by atoms with van der Waals surface area (Å²) in [6.07, 6.45) is 7.62. The van der Waals surface area contributed by atoms with Gasteiger partial charge >= 0.3 is 0 Å². The summed E-state index contributed by atoms with van der Waals surface area (Å²) in [5.74, 6) is 2.89. The lowest BCUT2D eigenvalue weighted by molar-refractivity contribution is -0.136. The molecular weight excluding hydrogens is 352 g/mol. The largest absolute Gasteiger partial charge is 0.352 e. The Morgan fingerprint density at radius 1 is 0.964 bits per heavy atom. The van der Waals surface area contributed by atoms with Crippen LogP contribution in [0.3, 0.4) is 0 Å². The van der Waals surface area contributed by atoms with Gasteiger partial charge in [0.1, 0.15) is 5.82 Å². The van der Waals surface area contributed by atoms with E-state index >= 15 is 0 Å². The number of piperazine rings is 1. The normalized spacial score (nSPS) is 18.2. The molecule has 1 saturated heterocycles. The molecule has 2 aliphatic rings. The molecule has 1 saturated carbocycles. The predicted octanol–water partition coefficient (Wildman–Crippen LogP) is 3.15. The van der Waals surface area contributed by atoms with Crippen LogP contribution in [0.15, 0.2) is 30.5 Å². The van der Waals surface area contributed by atoms with Gasteiger partial charge in [0.2, 0.25) is 5.91 Å². The lowest BCUT2D eigenvalue weighted by Gasteiger charge is -2.37. The molecule has 0 unspecified atom stereocenters. The van der Waals surface area contributed by atoms with Gasteiger partial charge in [-0.3, -0.25) is 4.79 Å². The minimum Gasteiger partial charge on any atom is -0.352 e. The number of nitrogens with one attached hydrogen (secondary N) is 1. The van der Waals surface area contributed by atoms with E-state index in [-0.39, 0.29) is 5.92 Å². The maximum Gasteiger partial charge on any atom is 0.225 e. The van der Waals surface area contributed by atoms with E-state index in [9.17, 15) is 4.79 Å². The van der Waals surface area contributed by atoms with E-state index in [2.05, 4.69) is 25.4 Å². The molecule has 0 radical (unpaired) electrons. The monoisotopic (exact) mass is 380 g/mol. The first kappa shape index (κ1) is 18.7. The van der Waals surface area contributed by atoms with Crippen molar-refractivity contribution in [3.05, 3.63) is 36.0 Å². The number of carbonyl (C=O) groups is 1. The molecule has 0 aromatic carbocycles. The highest BCUT2D eigenvalue weighted by molar-refractivity contribution is 5.79. The van der Waals surface area contributed by atoms with E-state index in [0.29, 0.717) is 11.7 Å². The van der Waals surface area contributed by atoms with Crippen molar-refractivity contribution >= 4 is 23.4 Å². The van der Waals surface area contributed by atoms with Crippen LogP contribution >= 0.6 is 0 Å². The maximum absolute atomic E-state index is 12.7. The number of amides is 1. The SMILES string of the molecule is Cc1ccc(Nc2ccc(N3CCN(C(=O)C4CCCCC4)CC3)nn2)nc1. The summed E-state index contributed by atoms with van der Waals surface area (Å²) in [4.78, 5) is 21.3. The molecule has 2 aromatic rings. The van der Waals surface area contributed by atoms with Crippen LogP contribution in [0.1, 0.15) is 37.7 Å². The summed E-state index contributed by atoms with van der Waals surface area (Å²) in [7, 11) is 0. The van der Waals surface area contributed by atoms with Gasteiger partial charge in [-0.05, 0) is 43.5 Å². The Balaban J connectivity index is 1.30. The molecule has 0 atom stereocenters. The molecule has 2 aromatic heterocycles. The minimum atomic E-state index is 0.251. The van der Waals surface area contributed by atoms with E-state index < -0.39 is 0 Å². The molecule has 0 bridgehead atoms. The van der Waals surface area contributed by atoms with Crippen LogP contribution in [0.5, 0.6) is 0 Å². The van der Waals surface area contributed by atoms with Gasteiger partial charge in [0.25, 0.3) is 0 Å². The average Bonchev–Trinajstić information content (AvgIpc) is 2.76. The van der Waals surface area contributed by atoms with Crippen molar-refractivity contribution in [3.8, 4) is 0 Å². The van der Waals surface area contributed by atoms with E-state index in [1.54, 1.807) is 0 Å². The van der Waals surface area contributed by atoms with Gasteiger partial charge in [-0.15, -0.1) is 10.2 Å². The lowest BCUT2D eigenvalue weighted by atomic mass is 9.88. The quantitative estimate of drug-likeness (QED) is 0.878. The molecule has 148 valence electrons. The highest BCUT2D eigenvalue weighted by atomic mass is 16.2. The van der Waals surface area contributed by atoms with Gasteiger partial charge in [0.15, 0.2) is 11.6 Å². The van der Waals surface area contributed by atoms with Crippen molar-refractivity contribution in [3.63, 3.8) is 0 Å². The second-order valence-corrected chi connectivity index (χ2v) is 7.77. The fourth-order valence-electron chi connectivity index (χ4n) is 4.00. The Morgan fingerprint density at radius 3 is 2.36 bits per heavy atom. The number of anilines is 3. The van der Waals surface area contributed by atoms with Crippen LogP contribution in [0, 0.1) is 12.8 Å². The first-order valence-electron chi connectivity index (χ1n) is 10.3. The van der Waals surface area contributed by atoms with Crippen molar-refractivity contribution in [1.29, 1.82) is 0 Å². The predicted molar refractivity (Wildman–Crippen MR) is 110 cm³/mol. The van der Waals surface area contributed by atoms with Crippen LogP contribution in [0.2, 0.25) is 0 Å². The number of aromatic nitrogens is 3. The first-order valence-corrected chi connectivity index (χ1v) is 10.3. The number of aryl methyl sites for hydroxylation is 1. The topological polar surface area (TPSA) is 74.2 Å². The van der Waals surface area contributed by atoms with Crippen LogP contribution < -0.4 is 10.2 Å². The molecule has 1 amide bonds. The van der Waals surface area contributed by atoms with Crippen LogP contribution in [0.4, 0.5) is 17.5 Å². The standard InChI is InChI=1S/C21H28N6O/c1-16-7-8-18(22-15-16)23-19-9-10-20(25-24-19)26-11-13-27(14-12-26)21(28)17-5-3-2-4-6-17/h7-10,15,17H,2-6,11-14H2,1H3,(H,22,23,24). The molecule has 28 heavy (non-hydrogen) atoms. The van der Waals surface area contributed by atoms with Crippen LogP contribution in [-0.4, -0.2) is 52.2 Å². The zero-order valence-electron chi connectivity index (χ0n) is 16.5. The number of hydrogen-bond acceptors (Lipinski definition) is 6. The van der Waals surface area contributed by atoms with Crippen LogP contribution in [-0.2, 0) is 4.79 Å². The van der Waals surface area contributed by atoms with Gasteiger partial charge in [-0.2, -0.15) is 0 Å². The Morgan fingerprint density at radius 2 is 1.71 bits per heavy atom. The molecule has 1 N–H and O–H groups in total. The number of hydrogen-bond donors (Lipinski definition) is 1. The molecule has 4 rings (SSSR count). The second-order valence-electron chi connectivity index (χ2n) is 7.77. The van der Waals surface area contributed by atoms with Crippen molar-refractivity contribution in [2.45, 2.75) is 39.0 Å². The molecule has 7 heteroatoms. The fourth-order valence-corrected chi connectivity index (χ4v) is 4.00. The molecular formula is C21H28N6O. The highest BCUT2D eigenvalue weighted by Crippen LogP contribution is 2.26. The van der Waals surface area contributed by atoms with Gasteiger partial charge in [-0.1, -0.05) is 25.3 Å². The Hall–Kier alpha value is -2.70.